The Kier molecular flexibility index (Phi) is 56.2. The van der Waals surface area contributed by atoms with Crippen LogP contribution in [0.2, 0.25) is 0 Å². The largest absolute Gasteiger partial charge is 0.394 e. The Labute approximate surface area is 409 Å². The fourth-order valence-corrected chi connectivity index (χ4v) is 9.63. The Balaban J connectivity index is 3.34. The number of hydrogen-bond acceptors (Lipinski definition) is 3. The first kappa shape index (κ1) is 63.9. The standard InChI is InChI=1S/C61H119NO3/c1-3-5-7-9-11-13-15-17-19-20-21-22-23-24-25-26-27-28-29-30-31-32-33-34-35-36-37-38-39-40-41-42-43-45-47-49-51-53-55-57-61(65)62-59(58-63)60(64)56-54-52-50-48-46-44-18-16-14-12-10-8-6-4-2/h15,17,20-21,59-60,63-64H,3-14,16,18-19,22-58H2,1-2H3,(H,62,65)/b17-15-,21-20-. The van der Waals surface area contributed by atoms with Crippen molar-refractivity contribution in [3.05, 3.63) is 24.3 Å². The van der Waals surface area contributed by atoms with Gasteiger partial charge in [0.05, 0.1) is 18.8 Å². The normalized spacial score (nSPS) is 12.9. The zero-order valence-electron chi connectivity index (χ0n) is 44.5. The predicted molar refractivity (Wildman–Crippen MR) is 290 cm³/mol. The molecule has 0 heterocycles. The summed E-state index contributed by atoms with van der Waals surface area (Å²) in [5.41, 5.74) is 0. The second-order valence-electron chi connectivity index (χ2n) is 20.8. The summed E-state index contributed by atoms with van der Waals surface area (Å²) in [4.78, 5) is 12.5. The molecule has 0 aliphatic carbocycles. The monoisotopic (exact) mass is 914 g/mol. The van der Waals surface area contributed by atoms with Gasteiger partial charge in [-0.05, 0) is 44.9 Å². The van der Waals surface area contributed by atoms with Crippen LogP contribution in [0, 0.1) is 0 Å². The van der Waals surface area contributed by atoms with Crippen molar-refractivity contribution in [2.45, 2.75) is 353 Å². The van der Waals surface area contributed by atoms with Gasteiger partial charge in [0, 0.05) is 6.42 Å². The molecule has 386 valence electrons. The number of amides is 1. The molecule has 0 radical (unpaired) electrons. The highest BCUT2D eigenvalue weighted by Gasteiger charge is 2.20. The van der Waals surface area contributed by atoms with E-state index >= 15 is 0 Å². The molecule has 1 amide bonds. The highest BCUT2D eigenvalue weighted by atomic mass is 16.3. The van der Waals surface area contributed by atoms with Gasteiger partial charge in [0.2, 0.25) is 5.91 Å². The molecule has 0 fully saturated rings. The number of carbonyl (C=O) groups excluding carboxylic acids is 1. The van der Waals surface area contributed by atoms with Crippen molar-refractivity contribution in [3.8, 4) is 0 Å². The zero-order valence-corrected chi connectivity index (χ0v) is 44.5. The van der Waals surface area contributed by atoms with Gasteiger partial charge in [0.1, 0.15) is 0 Å². The third-order valence-electron chi connectivity index (χ3n) is 14.2. The van der Waals surface area contributed by atoms with Crippen LogP contribution in [-0.2, 0) is 4.79 Å². The Bertz CT molecular complexity index is 947. The Morgan fingerprint density at radius 3 is 0.923 bits per heavy atom. The number of unbranched alkanes of at least 4 members (excludes halogenated alkanes) is 45. The minimum atomic E-state index is -0.655. The number of nitrogens with one attached hydrogen (secondary N) is 1. The van der Waals surface area contributed by atoms with E-state index in [4.69, 9.17) is 0 Å². The molecule has 0 saturated carbocycles. The zero-order chi connectivity index (χ0) is 47.0. The van der Waals surface area contributed by atoms with E-state index in [1.807, 2.05) is 0 Å². The first-order chi connectivity index (χ1) is 32.2. The van der Waals surface area contributed by atoms with Crippen LogP contribution in [0.15, 0.2) is 24.3 Å². The number of aliphatic hydroxyl groups is 2. The third-order valence-corrected chi connectivity index (χ3v) is 14.2. The maximum atomic E-state index is 12.5. The van der Waals surface area contributed by atoms with Crippen molar-refractivity contribution in [2.24, 2.45) is 0 Å². The van der Waals surface area contributed by atoms with E-state index in [2.05, 4.69) is 43.5 Å². The average Bonchev–Trinajstić information content (AvgIpc) is 3.31. The van der Waals surface area contributed by atoms with Crippen LogP contribution in [0.25, 0.3) is 0 Å². The molecule has 0 aromatic carbocycles. The van der Waals surface area contributed by atoms with Gasteiger partial charge in [-0.3, -0.25) is 4.79 Å². The molecule has 0 aliphatic heterocycles. The Hall–Kier alpha value is -1.13. The highest BCUT2D eigenvalue weighted by Crippen LogP contribution is 2.18. The van der Waals surface area contributed by atoms with E-state index in [-0.39, 0.29) is 12.5 Å². The summed E-state index contributed by atoms with van der Waals surface area (Å²) in [6.45, 7) is 4.37. The minimum Gasteiger partial charge on any atom is -0.394 e. The van der Waals surface area contributed by atoms with E-state index in [1.54, 1.807) is 0 Å². The summed E-state index contributed by atoms with van der Waals surface area (Å²) in [6.07, 6.45) is 76.3. The summed E-state index contributed by atoms with van der Waals surface area (Å²) < 4.78 is 0. The lowest BCUT2D eigenvalue weighted by Gasteiger charge is -2.22. The van der Waals surface area contributed by atoms with E-state index < -0.39 is 12.1 Å². The van der Waals surface area contributed by atoms with Crippen molar-refractivity contribution < 1.29 is 15.0 Å². The number of carbonyl (C=O) groups is 1. The van der Waals surface area contributed by atoms with Gasteiger partial charge in [-0.25, -0.2) is 0 Å². The van der Waals surface area contributed by atoms with Crippen LogP contribution in [-0.4, -0.2) is 34.9 Å². The van der Waals surface area contributed by atoms with E-state index in [0.29, 0.717) is 12.8 Å². The molecule has 0 spiro atoms. The molecule has 0 aromatic rings. The molecule has 0 rings (SSSR count). The fourth-order valence-electron chi connectivity index (χ4n) is 9.63. The third kappa shape index (κ3) is 53.7. The SMILES string of the molecule is CCCCCCC/C=C\C/C=C\CCCCCCCCCCCCCCCCCCCCCCCCCCCCCC(=O)NC(CO)C(O)CCCCCCCCCCCCCCCC. The van der Waals surface area contributed by atoms with Crippen LogP contribution >= 0.6 is 0 Å². The Morgan fingerprint density at radius 1 is 0.369 bits per heavy atom. The van der Waals surface area contributed by atoms with Gasteiger partial charge in [-0.1, -0.05) is 314 Å². The van der Waals surface area contributed by atoms with Gasteiger partial charge >= 0.3 is 0 Å². The van der Waals surface area contributed by atoms with Crippen LogP contribution in [0.5, 0.6) is 0 Å². The van der Waals surface area contributed by atoms with Gasteiger partial charge in [-0.15, -0.1) is 0 Å². The van der Waals surface area contributed by atoms with Gasteiger partial charge in [-0.2, -0.15) is 0 Å². The summed E-state index contributed by atoms with van der Waals surface area (Å²) in [7, 11) is 0. The number of aliphatic hydroxyl groups excluding tert-OH is 2. The molecule has 2 unspecified atom stereocenters. The van der Waals surface area contributed by atoms with Gasteiger partial charge in [0.25, 0.3) is 0 Å². The maximum Gasteiger partial charge on any atom is 0.220 e. The molecule has 3 N–H and O–H groups in total. The molecular formula is C61H119NO3. The highest BCUT2D eigenvalue weighted by molar-refractivity contribution is 5.76. The topological polar surface area (TPSA) is 69.6 Å². The van der Waals surface area contributed by atoms with Crippen LogP contribution in [0.4, 0.5) is 0 Å². The second kappa shape index (κ2) is 57.2. The molecule has 0 aromatic heterocycles. The number of hydrogen-bond donors (Lipinski definition) is 3. The molecular weight excluding hydrogens is 795 g/mol. The first-order valence-electron chi connectivity index (χ1n) is 30.0. The summed E-state index contributed by atoms with van der Waals surface area (Å²) >= 11 is 0. The minimum absolute atomic E-state index is 0.0244. The van der Waals surface area contributed by atoms with Crippen LogP contribution < -0.4 is 5.32 Å². The molecule has 4 nitrogen and oxygen atoms in total. The number of rotatable bonds is 56. The van der Waals surface area contributed by atoms with E-state index in [1.165, 1.54) is 283 Å². The van der Waals surface area contributed by atoms with E-state index in [0.717, 1.165) is 32.1 Å². The Morgan fingerprint density at radius 2 is 0.631 bits per heavy atom. The lowest BCUT2D eigenvalue weighted by atomic mass is 10.0. The lowest BCUT2D eigenvalue weighted by Crippen LogP contribution is -2.45. The molecule has 2 atom stereocenters. The fraction of sp³-hybridized carbons (Fsp3) is 0.918. The molecule has 4 heteroatoms. The van der Waals surface area contributed by atoms with Crippen molar-refractivity contribution in [3.63, 3.8) is 0 Å². The number of allylic oxidation sites excluding steroid dienone is 4. The summed E-state index contributed by atoms with van der Waals surface area (Å²) in [5.74, 6) is -0.0244. The average molecular weight is 915 g/mol. The second-order valence-corrected chi connectivity index (χ2v) is 20.8. The van der Waals surface area contributed by atoms with Gasteiger partial charge in [0.15, 0.2) is 0 Å². The smallest absolute Gasteiger partial charge is 0.220 e. The van der Waals surface area contributed by atoms with Crippen LogP contribution in [0.3, 0.4) is 0 Å². The molecule has 0 saturated heterocycles. The van der Waals surface area contributed by atoms with E-state index in [9.17, 15) is 15.0 Å². The molecule has 65 heavy (non-hydrogen) atoms. The predicted octanol–water partition coefficient (Wildman–Crippen LogP) is 19.9. The lowest BCUT2D eigenvalue weighted by molar-refractivity contribution is -0.123. The summed E-state index contributed by atoms with van der Waals surface area (Å²) in [5, 5.41) is 23.3. The maximum absolute atomic E-state index is 12.5. The van der Waals surface area contributed by atoms with Crippen molar-refractivity contribution >= 4 is 5.91 Å². The van der Waals surface area contributed by atoms with Crippen molar-refractivity contribution in [2.75, 3.05) is 6.61 Å². The van der Waals surface area contributed by atoms with Crippen molar-refractivity contribution in [1.29, 1.82) is 0 Å². The van der Waals surface area contributed by atoms with Crippen molar-refractivity contribution in [1.82, 2.24) is 5.32 Å². The molecule has 0 bridgehead atoms. The summed E-state index contributed by atoms with van der Waals surface area (Å²) in [6, 6.07) is -0.532. The van der Waals surface area contributed by atoms with Gasteiger partial charge < -0.3 is 15.5 Å². The quantitative estimate of drug-likeness (QED) is 0.0421. The van der Waals surface area contributed by atoms with Crippen LogP contribution in [0.1, 0.15) is 341 Å². The first-order valence-corrected chi connectivity index (χ1v) is 30.0. The molecule has 0 aliphatic rings.